The van der Waals surface area contributed by atoms with E-state index in [0.29, 0.717) is 39.9 Å². The van der Waals surface area contributed by atoms with E-state index in [2.05, 4.69) is 15.0 Å². The summed E-state index contributed by atoms with van der Waals surface area (Å²) in [5, 5.41) is 4.72. The van der Waals surface area contributed by atoms with Gasteiger partial charge in [-0.25, -0.2) is 4.98 Å². The van der Waals surface area contributed by atoms with Crippen LogP contribution in [-0.2, 0) is 0 Å². The third-order valence-electron chi connectivity index (χ3n) is 6.06. The lowest BCUT2D eigenvalue weighted by molar-refractivity contribution is 0.0575. The van der Waals surface area contributed by atoms with Crippen molar-refractivity contribution in [1.29, 1.82) is 0 Å². The van der Waals surface area contributed by atoms with Gasteiger partial charge in [0.1, 0.15) is 5.69 Å². The maximum atomic E-state index is 13.4. The number of nitrogens with zero attached hydrogens (tertiary/aromatic N) is 4. The summed E-state index contributed by atoms with van der Waals surface area (Å²) < 4.78 is 10.8. The van der Waals surface area contributed by atoms with Crippen LogP contribution < -0.4 is 0 Å². The third kappa shape index (κ3) is 2.99. The Morgan fingerprint density at radius 3 is 2.68 bits per heavy atom. The normalized spacial score (nSPS) is 19.0. The first kappa shape index (κ1) is 17.4. The van der Waals surface area contributed by atoms with Crippen LogP contribution in [0.2, 0.25) is 0 Å². The maximum absolute atomic E-state index is 13.4. The van der Waals surface area contributed by atoms with Crippen molar-refractivity contribution in [2.45, 2.75) is 38.6 Å². The lowest BCUT2D eigenvalue weighted by Gasteiger charge is -2.38. The Bertz CT molecular complexity index is 981. The number of hydrogen-bond acceptors (Lipinski definition) is 6. The number of rotatable bonds is 3. The summed E-state index contributed by atoms with van der Waals surface area (Å²) in [6, 6.07) is 6.13. The molecule has 0 bridgehead atoms. The molecule has 28 heavy (non-hydrogen) atoms. The Hall–Kier alpha value is -2.67. The van der Waals surface area contributed by atoms with Gasteiger partial charge < -0.3 is 13.8 Å². The molecule has 0 N–H and O–H groups in total. The molecule has 7 nitrogen and oxygen atoms in total. The topological polar surface area (TPSA) is 75.6 Å². The molecule has 0 atom stereocenters. The number of hydrogen-bond donors (Lipinski definition) is 0. The molecule has 146 valence electrons. The van der Waals surface area contributed by atoms with Gasteiger partial charge in [0.25, 0.3) is 11.6 Å². The average Bonchev–Trinajstić information content (AvgIpc) is 3.49. The minimum absolute atomic E-state index is 0.0116. The molecule has 7 heteroatoms. The van der Waals surface area contributed by atoms with E-state index in [1.165, 1.54) is 25.7 Å². The van der Waals surface area contributed by atoms with Crippen LogP contribution in [0.15, 0.2) is 33.4 Å². The first-order chi connectivity index (χ1) is 13.7. The van der Waals surface area contributed by atoms with Crippen LogP contribution in [0.4, 0.5) is 0 Å². The molecule has 2 aliphatic rings. The molecule has 5 rings (SSSR count). The van der Waals surface area contributed by atoms with E-state index in [9.17, 15) is 4.79 Å². The van der Waals surface area contributed by atoms with Crippen LogP contribution in [-0.4, -0.2) is 58.1 Å². The number of amides is 1. The Kier molecular flexibility index (Phi) is 4.39. The molecule has 0 unspecified atom stereocenters. The minimum Gasteiger partial charge on any atom is -0.463 e. The van der Waals surface area contributed by atoms with Crippen LogP contribution in [0, 0.1) is 6.92 Å². The zero-order valence-electron chi connectivity index (χ0n) is 16.1. The van der Waals surface area contributed by atoms with Gasteiger partial charge in [-0.1, -0.05) is 18.0 Å². The van der Waals surface area contributed by atoms with Gasteiger partial charge in [0.15, 0.2) is 5.76 Å². The summed E-state index contributed by atoms with van der Waals surface area (Å²) >= 11 is 0. The molecule has 1 amide bonds. The number of carbonyl (C=O) groups excluding carboxylic acids is 1. The van der Waals surface area contributed by atoms with Gasteiger partial charge in [-0.15, -0.1) is 0 Å². The summed E-state index contributed by atoms with van der Waals surface area (Å²) in [4.78, 5) is 22.4. The predicted molar refractivity (Wildman–Crippen MR) is 104 cm³/mol. The Labute approximate surface area is 163 Å². The van der Waals surface area contributed by atoms with E-state index >= 15 is 0 Å². The largest absolute Gasteiger partial charge is 0.463 e. The second-order valence-electron chi connectivity index (χ2n) is 7.75. The highest BCUT2D eigenvalue weighted by Gasteiger charge is 2.30. The van der Waals surface area contributed by atoms with Crippen molar-refractivity contribution >= 4 is 17.0 Å². The van der Waals surface area contributed by atoms with E-state index in [4.69, 9.17) is 8.94 Å². The SMILES string of the molecule is Cc1noc2nc(-c3ccco3)cc(C(=O)N3CCN(C4CCCC4)CC3)c12. The molecule has 1 aliphatic heterocycles. The molecule has 3 aromatic rings. The molecule has 0 radical (unpaired) electrons. The fourth-order valence-electron chi connectivity index (χ4n) is 4.54. The van der Waals surface area contributed by atoms with E-state index in [-0.39, 0.29) is 5.91 Å². The molecular weight excluding hydrogens is 356 g/mol. The Morgan fingerprint density at radius 1 is 1.18 bits per heavy atom. The minimum atomic E-state index is 0.0116. The smallest absolute Gasteiger partial charge is 0.259 e. The Balaban J connectivity index is 1.43. The highest BCUT2D eigenvalue weighted by molar-refractivity contribution is 6.06. The van der Waals surface area contributed by atoms with Gasteiger partial charge >= 0.3 is 0 Å². The molecule has 1 saturated carbocycles. The van der Waals surface area contributed by atoms with Gasteiger partial charge in [-0.05, 0) is 38.0 Å². The van der Waals surface area contributed by atoms with Crippen LogP contribution in [0.3, 0.4) is 0 Å². The van der Waals surface area contributed by atoms with E-state index in [1.807, 2.05) is 17.9 Å². The predicted octanol–water partition coefficient (Wildman–Crippen LogP) is 3.49. The van der Waals surface area contributed by atoms with Gasteiger partial charge in [-0.3, -0.25) is 9.69 Å². The van der Waals surface area contributed by atoms with Crippen molar-refractivity contribution in [2.75, 3.05) is 26.2 Å². The average molecular weight is 380 g/mol. The fraction of sp³-hybridized carbons (Fsp3) is 0.476. The number of carbonyl (C=O) groups is 1. The number of pyridine rings is 1. The Morgan fingerprint density at radius 2 is 1.96 bits per heavy atom. The maximum Gasteiger partial charge on any atom is 0.259 e. The first-order valence-corrected chi connectivity index (χ1v) is 10.0. The quantitative estimate of drug-likeness (QED) is 0.692. The second-order valence-corrected chi connectivity index (χ2v) is 7.75. The molecule has 1 aliphatic carbocycles. The number of aryl methyl sites for hydroxylation is 1. The zero-order valence-corrected chi connectivity index (χ0v) is 16.1. The van der Waals surface area contributed by atoms with Crippen LogP contribution in [0.5, 0.6) is 0 Å². The van der Waals surface area contributed by atoms with Crippen molar-refractivity contribution in [1.82, 2.24) is 19.9 Å². The summed E-state index contributed by atoms with van der Waals surface area (Å²) in [6.45, 7) is 5.23. The molecule has 0 spiro atoms. The van der Waals surface area contributed by atoms with Crippen molar-refractivity contribution in [3.63, 3.8) is 0 Å². The number of fused-ring (bicyclic) bond motifs is 1. The van der Waals surface area contributed by atoms with Gasteiger partial charge in [0, 0.05) is 32.2 Å². The van der Waals surface area contributed by atoms with Gasteiger partial charge in [-0.2, -0.15) is 0 Å². The standard InChI is InChI=1S/C21H24N4O3/c1-14-19-16(13-17(18-7-4-12-27-18)22-20(19)28-23-14)21(26)25-10-8-24(9-11-25)15-5-2-3-6-15/h4,7,12-13,15H,2-3,5-6,8-11H2,1H3. The summed E-state index contributed by atoms with van der Waals surface area (Å²) in [5.41, 5.74) is 2.23. The monoisotopic (exact) mass is 380 g/mol. The van der Waals surface area contributed by atoms with E-state index in [0.717, 1.165) is 26.2 Å². The third-order valence-corrected chi connectivity index (χ3v) is 6.06. The highest BCUT2D eigenvalue weighted by atomic mass is 16.5. The van der Waals surface area contributed by atoms with Crippen molar-refractivity contribution in [3.05, 3.63) is 35.7 Å². The van der Waals surface area contributed by atoms with Crippen molar-refractivity contribution < 1.29 is 13.7 Å². The summed E-state index contributed by atoms with van der Waals surface area (Å²) in [7, 11) is 0. The summed E-state index contributed by atoms with van der Waals surface area (Å²) in [6.07, 6.45) is 6.86. The molecule has 1 saturated heterocycles. The first-order valence-electron chi connectivity index (χ1n) is 10.0. The van der Waals surface area contributed by atoms with Crippen molar-refractivity contribution in [3.8, 4) is 11.5 Å². The number of piperazine rings is 1. The number of aromatic nitrogens is 2. The lowest BCUT2D eigenvalue weighted by Crippen LogP contribution is -2.51. The zero-order chi connectivity index (χ0) is 19.1. The second kappa shape index (κ2) is 7.05. The van der Waals surface area contributed by atoms with Crippen molar-refractivity contribution in [2.24, 2.45) is 0 Å². The molecule has 3 aromatic heterocycles. The van der Waals surface area contributed by atoms with Crippen LogP contribution in [0.25, 0.3) is 22.6 Å². The number of furan rings is 1. The highest BCUT2D eigenvalue weighted by Crippen LogP contribution is 2.29. The van der Waals surface area contributed by atoms with E-state index < -0.39 is 0 Å². The molecule has 0 aromatic carbocycles. The van der Waals surface area contributed by atoms with E-state index in [1.54, 1.807) is 18.4 Å². The molecule has 4 heterocycles. The van der Waals surface area contributed by atoms with Gasteiger partial charge in [0.05, 0.1) is 22.9 Å². The van der Waals surface area contributed by atoms with Crippen LogP contribution in [0.1, 0.15) is 41.7 Å². The van der Waals surface area contributed by atoms with Crippen LogP contribution >= 0.6 is 0 Å². The van der Waals surface area contributed by atoms with Gasteiger partial charge in [0.2, 0.25) is 0 Å². The summed E-state index contributed by atoms with van der Waals surface area (Å²) in [5.74, 6) is 0.619. The lowest BCUT2D eigenvalue weighted by atomic mass is 10.1. The fourth-order valence-corrected chi connectivity index (χ4v) is 4.54. The molecule has 2 fully saturated rings. The molecular formula is C21H24N4O3.